The maximum absolute atomic E-state index is 9.10. The molecule has 0 rings (SSSR count). The van der Waals surface area contributed by atoms with Gasteiger partial charge in [-0.15, -0.1) is 0 Å². The number of carbonyl (C=O) groups is 8. The van der Waals surface area contributed by atoms with E-state index in [1.807, 2.05) is 0 Å². The molecule has 0 bridgehead atoms. The van der Waals surface area contributed by atoms with Crippen LogP contribution in [-0.2, 0) is 38.4 Å². The van der Waals surface area contributed by atoms with Gasteiger partial charge in [0.1, 0.15) is 0 Å². The Morgan fingerprint density at radius 2 is 0.424 bits per heavy atom. The molecule has 184 valence electrons. The van der Waals surface area contributed by atoms with E-state index >= 15 is 0 Å². The maximum atomic E-state index is 9.10. The molecule has 0 atom stereocenters. The molecule has 0 spiro atoms. The van der Waals surface area contributed by atoms with E-state index < -0.39 is 62.4 Å². The summed E-state index contributed by atoms with van der Waals surface area (Å²) in [6.07, 6.45) is 0. The first kappa shape index (κ1) is 47.2. The van der Waals surface area contributed by atoms with Crippen LogP contribution >= 0.6 is 0 Å². The van der Waals surface area contributed by atoms with Gasteiger partial charge < -0.3 is 71.0 Å². The van der Waals surface area contributed by atoms with Crippen LogP contribution < -0.4 is 23.9 Å². The van der Waals surface area contributed by atoms with Crippen LogP contribution in [0.15, 0.2) is 0 Å². The number of carboxylic acids is 8. The second kappa shape index (κ2) is 30.4. The summed E-state index contributed by atoms with van der Waals surface area (Å²) < 4.78 is 0. The average molecular weight is 490 g/mol. The number of hydrogen-bond acceptors (Lipinski definition) is 14. The molecule has 0 radical (unpaired) electrons. The zero-order valence-corrected chi connectivity index (χ0v) is 15.6. The quantitative estimate of drug-likeness (QED) is 0.111. The third kappa shape index (κ3) is 130. The van der Waals surface area contributed by atoms with Gasteiger partial charge in [-0.1, -0.05) is 0 Å². The zero-order chi connectivity index (χ0) is 27.8. The number of rotatable bonds is 0. The molecule has 0 aromatic carbocycles. The van der Waals surface area contributed by atoms with Crippen molar-refractivity contribution in [3.05, 3.63) is 0 Å². The van der Waals surface area contributed by atoms with Crippen molar-refractivity contribution < 1.29 is 128 Å². The number of carboxylic acid groups (broad SMARTS) is 8. The molecule has 33 heavy (non-hydrogen) atoms. The summed E-state index contributed by atoms with van der Waals surface area (Å²) in [5, 5.41) is 103. The van der Waals surface area contributed by atoms with E-state index in [-0.39, 0.29) is 18.9 Å². The van der Waals surface area contributed by atoms with E-state index in [0.29, 0.717) is 0 Å². The first-order valence-electron chi connectivity index (χ1n) is 5.95. The fraction of sp³-hybridized carbons (Fsp3) is 0. The summed E-state index contributed by atoms with van der Waals surface area (Å²) in [4.78, 5) is 72.8. The first-order chi connectivity index (χ1) is 14.0. The van der Waals surface area contributed by atoms with Crippen LogP contribution in [0.3, 0.4) is 0 Å². The Kier molecular flexibility index (Phi) is 43.5. The van der Waals surface area contributed by atoms with Gasteiger partial charge in [0.2, 0.25) is 0 Å². The van der Waals surface area contributed by atoms with Crippen LogP contribution in [0.4, 0.5) is 0 Å². The van der Waals surface area contributed by atoms with Crippen molar-refractivity contribution in [1.82, 2.24) is 0 Å². The Morgan fingerprint density at radius 3 is 0.424 bits per heavy atom. The Bertz CT molecular complexity index is 472. The summed E-state index contributed by atoms with van der Waals surface area (Å²) in [7, 11) is -4.58. The fourth-order valence-electron chi connectivity index (χ4n) is 0. The molecule has 13 N–H and O–H groups in total. The van der Waals surface area contributed by atoms with Crippen LogP contribution in [0.25, 0.3) is 0 Å². The molecule has 0 aliphatic carbocycles. The molecule has 0 saturated carbocycles. The van der Waals surface area contributed by atoms with Gasteiger partial charge in [-0.2, -0.15) is 0 Å². The van der Waals surface area contributed by atoms with E-state index in [4.69, 9.17) is 109 Å². The SMILES string of the molecule is O=C(O)C(=O)O.O=C(O)C(=O)O.O=C(O)C(=O)O.O=C(O)C(=O)O.OB(O)O.[Li+].[O-]B(O)O. The predicted molar refractivity (Wildman–Crippen MR) is 83.7 cm³/mol. The van der Waals surface area contributed by atoms with Crippen molar-refractivity contribution in [3.63, 3.8) is 0 Å². The summed E-state index contributed by atoms with van der Waals surface area (Å²) in [5.41, 5.74) is 0. The van der Waals surface area contributed by atoms with Gasteiger partial charge in [0.25, 0.3) is 0 Å². The van der Waals surface area contributed by atoms with Crippen molar-refractivity contribution in [2.24, 2.45) is 0 Å². The zero-order valence-electron chi connectivity index (χ0n) is 15.6. The fourth-order valence-corrected chi connectivity index (χ4v) is 0. The summed E-state index contributed by atoms with van der Waals surface area (Å²) in [6, 6.07) is 0. The van der Waals surface area contributed by atoms with Crippen LogP contribution in [-0.4, -0.2) is 128 Å². The van der Waals surface area contributed by atoms with E-state index in [2.05, 4.69) is 0 Å². The van der Waals surface area contributed by atoms with Gasteiger partial charge in [-0.25, -0.2) is 38.4 Å². The number of hydrogen-bond donors (Lipinski definition) is 13. The van der Waals surface area contributed by atoms with Gasteiger partial charge in [0.05, 0.1) is 0 Å². The van der Waals surface area contributed by atoms with Gasteiger partial charge >= 0.3 is 81.3 Å². The van der Waals surface area contributed by atoms with Crippen LogP contribution in [0.1, 0.15) is 0 Å². The summed E-state index contributed by atoms with van der Waals surface area (Å²) >= 11 is 0. The Morgan fingerprint density at radius 1 is 0.394 bits per heavy atom. The molecule has 0 fully saturated rings. The average Bonchev–Trinajstić information content (AvgIpc) is 2.54. The Balaban J connectivity index is -0.0000000493. The predicted octanol–water partition coefficient (Wildman–Crippen LogP) is -11.1. The molecule has 0 amide bonds. The van der Waals surface area contributed by atoms with Crippen LogP contribution in [0.2, 0.25) is 0 Å². The Hall–Kier alpha value is -3.75. The van der Waals surface area contributed by atoms with Crippen molar-refractivity contribution >= 4 is 62.4 Å². The monoisotopic (exact) mass is 490 g/mol. The molecule has 0 unspecified atom stereocenters. The van der Waals surface area contributed by atoms with Gasteiger partial charge in [0, 0.05) is 0 Å². The molecule has 0 saturated heterocycles. The summed E-state index contributed by atoms with van der Waals surface area (Å²) in [6.45, 7) is 0. The van der Waals surface area contributed by atoms with E-state index in [1.165, 1.54) is 0 Å². The minimum Gasteiger partial charge on any atom is -0.832 e. The van der Waals surface area contributed by atoms with Crippen molar-refractivity contribution in [3.8, 4) is 0 Å². The van der Waals surface area contributed by atoms with Crippen LogP contribution in [0, 0.1) is 0 Å². The van der Waals surface area contributed by atoms with E-state index in [0.717, 1.165) is 0 Å². The molecule has 0 aromatic rings. The molecule has 0 aliphatic rings. The smallest absolute Gasteiger partial charge is 0.832 e. The molecule has 0 aliphatic heterocycles. The molecule has 0 heterocycles. The maximum Gasteiger partial charge on any atom is 1.00 e. The van der Waals surface area contributed by atoms with Crippen molar-refractivity contribution in [1.29, 1.82) is 0 Å². The topological polar surface area (TPSA) is 423 Å². The normalized spacial score (nSPS) is 6.97. The molecule has 25 heteroatoms. The third-order valence-corrected chi connectivity index (χ3v) is 0.732. The largest absolute Gasteiger partial charge is 1.00 e. The van der Waals surface area contributed by atoms with Gasteiger partial charge in [-0.05, 0) is 0 Å². The minimum absolute atomic E-state index is 0. The Labute approximate surface area is 191 Å². The molecular weight excluding hydrogens is 477 g/mol. The standard InChI is InChI=1S/4C2H2O4.BH3O3.BH2O3.Li/c4*3-1(4)2(5)6;2*2-1(3)4;/h4*(H,3,4)(H,5,6);2-4H;2-3H;/q;;;;;-1;+1. The molecule has 22 nitrogen and oxygen atoms in total. The molecular formula is C8H13B2LiO22. The van der Waals surface area contributed by atoms with E-state index in [1.54, 1.807) is 0 Å². The van der Waals surface area contributed by atoms with Gasteiger partial charge in [-0.3, -0.25) is 0 Å². The molecule has 0 aromatic heterocycles. The second-order valence-corrected chi connectivity index (χ2v) is 3.11. The van der Waals surface area contributed by atoms with Crippen molar-refractivity contribution in [2.75, 3.05) is 0 Å². The van der Waals surface area contributed by atoms with E-state index in [9.17, 15) is 0 Å². The van der Waals surface area contributed by atoms with Gasteiger partial charge in [0.15, 0.2) is 0 Å². The van der Waals surface area contributed by atoms with Crippen molar-refractivity contribution in [2.45, 2.75) is 0 Å². The number of aliphatic carboxylic acids is 8. The second-order valence-electron chi connectivity index (χ2n) is 3.11. The minimum atomic E-state index is -2.42. The third-order valence-electron chi connectivity index (χ3n) is 0.732. The summed E-state index contributed by atoms with van der Waals surface area (Å²) in [5.74, 6) is -14.6. The first-order valence-corrected chi connectivity index (χ1v) is 5.95. The van der Waals surface area contributed by atoms with Crippen LogP contribution in [0.5, 0.6) is 0 Å².